The Bertz CT molecular complexity index is 4580. The molecule has 490 valence electrons. The van der Waals surface area contributed by atoms with Crippen LogP contribution in [0.3, 0.4) is 0 Å². The third-order valence-corrected chi connectivity index (χ3v) is 15.5. The van der Waals surface area contributed by atoms with Crippen molar-refractivity contribution in [1.82, 2.24) is 78.6 Å². The molecule has 0 fully saturated rings. The summed E-state index contributed by atoms with van der Waals surface area (Å²) in [5.74, 6) is 7.25. The number of carbonyl (C=O) groups is 1. The highest BCUT2D eigenvalue weighted by Gasteiger charge is 2.12. The molecule has 1 atom stereocenters. The minimum Gasteiger partial charge on any atom is -0.412 e. The number of aromatic nitrogens is 16. The number of carbonyl (C=O) groups excluding carboxylic acids is 1. The fraction of sp³-hybridized carbons (Fsp3) is 0.224. The molecule has 12 aromatic rings. The van der Waals surface area contributed by atoms with Gasteiger partial charge in [-0.25, -0.2) is 38.7 Å². The van der Waals surface area contributed by atoms with E-state index in [-0.39, 0.29) is 46.6 Å². The molecular formula is C58H65Br7F2N20O5. The SMILES string of the molecule is C.CC(=O)c1cc(Br)ncc1F.CC(O)c1cc(Br)ncc1F.Cc1[nH]nc2cnc(Br)cc12.Cc1c2cc(Br)ncc2nn1C.Cc1nn(C)c2cnc(Br)cc12.Cc1nn(C)c2cnc(Nc3cc(Br)cn(C)c3=O)cc12.Cn1cc(Br)cc(N)c1=O.NN.O. The molecular weight excluding hydrogens is 1650 g/mol. The number of aliphatic hydroxyl groups excluding tert-OH is 1. The van der Waals surface area contributed by atoms with E-state index in [9.17, 15) is 23.2 Å². The number of ketones is 1. The number of hydrazine groups is 1. The average Bonchev–Trinajstić information content (AvgIpc) is 1.72. The summed E-state index contributed by atoms with van der Waals surface area (Å²) in [7, 11) is 9.10. The van der Waals surface area contributed by atoms with E-state index in [0.29, 0.717) is 20.7 Å². The maximum absolute atomic E-state index is 12.8. The summed E-state index contributed by atoms with van der Waals surface area (Å²) in [4.78, 5) is 57.7. The second-order valence-corrected chi connectivity index (χ2v) is 24.9. The number of nitrogens with one attached hydrogen (secondary N) is 2. The molecule has 0 aromatic carbocycles. The molecule has 0 aliphatic heterocycles. The van der Waals surface area contributed by atoms with E-state index < -0.39 is 17.7 Å². The van der Waals surface area contributed by atoms with Crippen LogP contribution in [0.5, 0.6) is 0 Å². The number of rotatable bonds is 4. The normalized spacial score (nSPS) is 10.5. The number of anilines is 3. The molecule has 12 aromatic heterocycles. The van der Waals surface area contributed by atoms with Gasteiger partial charge in [-0.3, -0.25) is 45.2 Å². The van der Waals surface area contributed by atoms with Crippen LogP contribution in [0, 0.1) is 39.3 Å². The highest BCUT2D eigenvalue weighted by atomic mass is 79.9. The number of nitrogens with two attached hydrogens (primary N) is 3. The van der Waals surface area contributed by atoms with Gasteiger partial charge in [-0.15, -0.1) is 0 Å². The van der Waals surface area contributed by atoms with Gasteiger partial charge in [0.15, 0.2) is 11.6 Å². The Kier molecular flexibility index (Phi) is 31.4. The quantitative estimate of drug-likeness (QED) is 0.0412. The average molecular weight is 1720 g/mol. The number of Topliss-reactive ketones (excluding diaryl/α,β-unsaturated/α-hetero) is 1. The molecule has 0 aliphatic rings. The maximum atomic E-state index is 12.8. The largest absolute Gasteiger partial charge is 0.412 e. The number of pyridine rings is 8. The van der Waals surface area contributed by atoms with Crippen LogP contribution in [0.1, 0.15) is 66.1 Å². The van der Waals surface area contributed by atoms with Gasteiger partial charge in [0, 0.05) is 95.1 Å². The molecule has 11 N–H and O–H groups in total. The molecule has 0 saturated heterocycles. The van der Waals surface area contributed by atoms with Crippen LogP contribution in [0.15, 0.2) is 140 Å². The number of aryl methyl sites for hydroxylation is 9. The lowest BCUT2D eigenvalue weighted by Gasteiger charge is -2.07. The zero-order chi connectivity index (χ0) is 67.0. The number of aliphatic hydroxyl groups is 1. The monoisotopic (exact) mass is 1710 g/mol. The van der Waals surface area contributed by atoms with Gasteiger partial charge >= 0.3 is 0 Å². The van der Waals surface area contributed by atoms with Gasteiger partial charge in [0.2, 0.25) is 0 Å². The van der Waals surface area contributed by atoms with Gasteiger partial charge in [-0.2, -0.15) is 20.4 Å². The van der Waals surface area contributed by atoms with Crippen LogP contribution < -0.4 is 33.9 Å². The van der Waals surface area contributed by atoms with Crippen LogP contribution in [0.25, 0.3) is 43.6 Å². The zero-order valence-electron chi connectivity index (χ0n) is 50.3. The number of fused-ring (bicyclic) bond motifs is 4. The Labute approximate surface area is 585 Å². The van der Waals surface area contributed by atoms with Gasteiger partial charge in [0.05, 0.1) is 77.0 Å². The molecule has 92 heavy (non-hydrogen) atoms. The van der Waals surface area contributed by atoms with Crippen LogP contribution in [0.2, 0.25) is 0 Å². The third-order valence-electron chi connectivity index (χ3n) is 12.5. The predicted molar refractivity (Wildman–Crippen MR) is 381 cm³/mol. The summed E-state index contributed by atoms with van der Waals surface area (Å²) < 4.78 is 39.1. The first-order chi connectivity index (χ1) is 42.4. The fourth-order valence-corrected chi connectivity index (χ4v) is 10.7. The van der Waals surface area contributed by atoms with E-state index in [2.05, 4.69) is 184 Å². The first-order valence-electron chi connectivity index (χ1n) is 26.0. The van der Waals surface area contributed by atoms with Crippen molar-refractivity contribution in [1.29, 1.82) is 0 Å². The predicted octanol–water partition coefficient (Wildman–Crippen LogP) is 12.2. The van der Waals surface area contributed by atoms with E-state index in [1.165, 1.54) is 35.1 Å². The van der Waals surface area contributed by atoms with E-state index in [1.807, 2.05) is 88.7 Å². The Balaban J connectivity index is 0.000000282. The topological polar surface area (TPSA) is 362 Å². The Hall–Kier alpha value is -6.99. The standard InChI is InChI=1S/C14H14BrN5O.2C8H8BrN3.C7H7BrFNO.C7H5BrFNO.C7H6BrN3.C6H7BrN2O.CH4.H4N2.H2O/c1-8-10-5-13(16-6-12(10)20(3)18-8)17-11-4-9(15)7-19(2)14(11)21;1-5-6-3-8(9)10-4-7(6)11-12(5)2;1-5-6-3-8(9)10-4-7(6)12(2)11-5;2*1-4(11)5-2-7(8)10-3-6(5)9;1-4-5-2-7(8)9-3-6(5)11-10-4;1-9-3-4(7)2-5(8)6(9)10;;1-2;/h4-7H,1-3H3,(H,16,17);2*3-4H,1-2H3;2-4,11H,1H3;2-3H,1H3;2-3H,1H3,(H,10,11);2-3H,8H2,1H3;1H4;1-2H2;1H2. The van der Waals surface area contributed by atoms with Gasteiger partial charge in [-0.1, -0.05) is 7.43 Å². The number of nitrogens with zero attached hydrogens (tertiary/aromatic N) is 15. The molecule has 0 saturated carbocycles. The van der Waals surface area contributed by atoms with Crippen LogP contribution in [-0.4, -0.2) is 94.9 Å². The van der Waals surface area contributed by atoms with Crippen molar-refractivity contribution >= 4 is 178 Å². The number of nitrogen functional groups attached to an aromatic ring is 1. The van der Waals surface area contributed by atoms with Crippen molar-refractivity contribution in [2.75, 3.05) is 11.1 Å². The van der Waals surface area contributed by atoms with E-state index in [1.54, 1.807) is 61.9 Å². The number of aromatic amines is 1. The number of H-pyrrole nitrogens is 1. The zero-order valence-corrected chi connectivity index (χ0v) is 61.4. The minimum absolute atomic E-state index is 0. The number of hydrogen-bond donors (Lipinski definition) is 6. The molecule has 0 radical (unpaired) electrons. The lowest BCUT2D eigenvalue weighted by molar-refractivity contribution is 0.101. The van der Waals surface area contributed by atoms with Crippen molar-refractivity contribution in [3.63, 3.8) is 0 Å². The molecule has 0 amide bonds. The van der Waals surface area contributed by atoms with Crippen LogP contribution in [0.4, 0.5) is 26.0 Å². The van der Waals surface area contributed by atoms with Crippen molar-refractivity contribution in [3.8, 4) is 0 Å². The second kappa shape index (κ2) is 36.5. The van der Waals surface area contributed by atoms with E-state index in [4.69, 9.17) is 10.8 Å². The van der Waals surface area contributed by atoms with Gasteiger partial charge in [0.25, 0.3) is 11.1 Å². The smallest absolute Gasteiger partial charge is 0.274 e. The molecule has 1 unspecified atom stereocenters. The molecule has 25 nitrogen and oxygen atoms in total. The van der Waals surface area contributed by atoms with Crippen molar-refractivity contribution < 1.29 is 24.2 Å². The van der Waals surface area contributed by atoms with E-state index >= 15 is 0 Å². The number of halogens is 9. The lowest BCUT2D eigenvalue weighted by Crippen LogP contribution is -2.19. The van der Waals surface area contributed by atoms with Gasteiger partial charge < -0.3 is 30.8 Å². The molecule has 12 rings (SSSR count). The minimum atomic E-state index is -0.797. The summed E-state index contributed by atoms with van der Waals surface area (Å²) in [5.41, 5.74) is 14.2. The van der Waals surface area contributed by atoms with Gasteiger partial charge in [-0.05, 0) is 202 Å². The highest BCUT2D eigenvalue weighted by Crippen LogP contribution is 2.25. The Morgan fingerprint density at radius 3 is 1.58 bits per heavy atom. The second-order valence-electron chi connectivity index (χ2n) is 19.0. The first kappa shape index (κ1) is 79.2. The van der Waals surface area contributed by atoms with Gasteiger partial charge in [0.1, 0.15) is 51.4 Å². The molecule has 12 heterocycles. The first-order valence-corrected chi connectivity index (χ1v) is 31.5. The molecule has 0 bridgehead atoms. The molecule has 0 aliphatic carbocycles. The van der Waals surface area contributed by atoms with Crippen LogP contribution >= 0.6 is 112 Å². The molecule has 0 spiro atoms. The van der Waals surface area contributed by atoms with Crippen LogP contribution in [-0.2, 0) is 35.2 Å². The Morgan fingerprint density at radius 2 is 1.04 bits per heavy atom. The summed E-state index contributed by atoms with van der Waals surface area (Å²) >= 11 is 22.7. The van der Waals surface area contributed by atoms with E-state index in [0.717, 1.165) is 102 Å². The molecule has 34 heteroatoms. The van der Waals surface area contributed by atoms with Crippen molar-refractivity contribution in [2.24, 2.45) is 46.9 Å². The third kappa shape index (κ3) is 21.8. The maximum Gasteiger partial charge on any atom is 0.274 e. The highest BCUT2D eigenvalue weighted by molar-refractivity contribution is 9.11. The summed E-state index contributed by atoms with van der Waals surface area (Å²) in [6.45, 7) is 10.8. The summed E-state index contributed by atoms with van der Waals surface area (Å²) in [6, 6.07) is 14.0. The van der Waals surface area contributed by atoms with Crippen molar-refractivity contribution in [2.45, 2.75) is 55.1 Å². The Morgan fingerprint density at radius 1 is 0.587 bits per heavy atom. The van der Waals surface area contributed by atoms with Crippen molar-refractivity contribution in [3.05, 3.63) is 196 Å². The summed E-state index contributed by atoms with van der Waals surface area (Å²) in [5, 5.41) is 36.4. The summed E-state index contributed by atoms with van der Waals surface area (Å²) in [6.07, 6.45) is 11.8. The lowest BCUT2D eigenvalue weighted by atomic mass is 10.2. The number of hydrogen-bond acceptors (Lipinski definition) is 18. The fourth-order valence-electron chi connectivity index (χ4n) is 7.94.